The summed E-state index contributed by atoms with van der Waals surface area (Å²) in [5, 5.41) is 2.76. The predicted octanol–water partition coefficient (Wildman–Crippen LogP) is 3.78. The van der Waals surface area contributed by atoms with Crippen molar-refractivity contribution in [2.75, 3.05) is 19.0 Å². The number of halogens is 1. The minimum atomic E-state index is -0.244. The lowest BCUT2D eigenvalue weighted by Crippen LogP contribution is -2.20. The van der Waals surface area contributed by atoms with Crippen molar-refractivity contribution in [2.24, 2.45) is 0 Å². The highest BCUT2D eigenvalue weighted by atomic mass is 79.9. The highest BCUT2D eigenvalue weighted by Gasteiger charge is 2.09. The summed E-state index contributed by atoms with van der Waals surface area (Å²) in [7, 11) is 1.56. The zero-order chi connectivity index (χ0) is 15.2. The molecule has 1 amide bonds. The van der Waals surface area contributed by atoms with Crippen LogP contribution in [0, 0.1) is 6.92 Å². The summed E-state index contributed by atoms with van der Waals surface area (Å²) in [5.74, 6) is 1.00. The highest BCUT2D eigenvalue weighted by Crippen LogP contribution is 2.26. The monoisotopic (exact) mass is 349 g/mol. The molecule has 0 saturated carbocycles. The molecule has 1 N–H and O–H groups in total. The van der Waals surface area contributed by atoms with Gasteiger partial charge in [-0.15, -0.1) is 0 Å². The van der Waals surface area contributed by atoms with E-state index in [1.165, 1.54) is 0 Å². The lowest BCUT2D eigenvalue weighted by atomic mass is 10.2. The first kappa shape index (κ1) is 15.4. The van der Waals surface area contributed by atoms with E-state index in [9.17, 15) is 4.79 Å². The van der Waals surface area contributed by atoms with Crippen molar-refractivity contribution in [2.45, 2.75) is 6.92 Å². The van der Waals surface area contributed by atoms with Crippen molar-refractivity contribution in [3.8, 4) is 11.5 Å². The molecule has 0 saturated heterocycles. The number of methoxy groups -OCH3 is 1. The molecule has 110 valence electrons. The normalized spacial score (nSPS) is 10.0. The Balaban J connectivity index is 1.96. The van der Waals surface area contributed by atoms with Gasteiger partial charge in [0.15, 0.2) is 6.61 Å². The smallest absolute Gasteiger partial charge is 0.262 e. The predicted molar refractivity (Wildman–Crippen MR) is 86.0 cm³/mol. The third kappa shape index (κ3) is 4.23. The fraction of sp³-hybridized carbons (Fsp3) is 0.188. The molecule has 4 nitrogen and oxygen atoms in total. The Kier molecular flexibility index (Phi) is 5.22. The van der Waals surface area contributed by atoms with Gasteiger partial charge in [0.25, 0.3) is 5.91 Å². The molecular weight excluding hydrogens is 334 g/mol. The molecule has 0 aliphatic heterocycles. The van der Waals surface area contributed by atoms with Crippen LogP contribution in [0.25, 0.3) is 0 Å². The zero-order valence-corrected chi connectivity index (χ0v) is 13.4. The van der Waals surface area contributed by atoms with E-state index in [0.717, 1.165) is 10.0 Å². The van der Waals surface area contributed by atoms with E-state index < -0.39 is 0 Å². The first-order valence-electron chi connectivity index (χ1n) is 6.42. The maximum Gasteiger partial charge on any atom is 0.262 e. The van der Waals surface area contributed by atoms with E-state index in [2.05, 4.69) is 21.2 Å². The van der Waals surface area contributed by atoms with Gasteiger partial charge in [-0.25, -0.2) is 0 Å². The van der Waals surface area contributed by atoms with Crippen molar-refractivity contribution in [1.82, 2.24) is 0 Å². The topological polar surface area (TPSA) is 47.6 Å². The Hall–Kier alpha value is -2.01. The first-order valence-corrected chi connectivity index (χ1v) is 7.21. The van der Waals surface area contributed by atoms with Gasteiger partial charge in [-0.05, 0) is 52.7 Å². The quantitative estimate of drug-likeness (QED) is 0.893. The molecule has 0 spiro atoms. The summed E-state index contributed by atoms with van der Waals surface area (Å²) in [6.45, 7) is 1.92. The van der Waals surface area contributed by atoms with Crippen LogP contribution in [-0.2, 0) is 4.79 Å². The summed E-state index contributed by atoms with van der Waals surface area (Å²) < 4.78 is 11.5. The molecule has 0 radical (unpaired) electrons. The van der Waals surface area contributed by atoms with Crippen molar-refractivity contribution in [1.29, 1.82) is 0 Å². The van der Waals surface area contributed by atoms with Gasteiger partial charge in [0.2, 0.25) is 0 Å². The highest BCUT2D eigenvalue weighted by molar-refractivity contribution is 9.10. The summed E-state index contributed by atoms with van der Waals surface area (Å²) in [6, 6.07) is 12.9. The second-order valence-electron chi connectivity index (χ2n) is 4.47. The summed E-state index contributed by atoms with van der Waals surface area (Å²) in [6.07, 6.45) is 0. The standard InChI is InChI=1S/C16H16BrNO3/c1-11-7-8-14(12(17)9-11)21-10-16(19)18-13-5-3-4-6-15(13)20-2/h3-9H,10H2,1-2H3,(H,18,19). The van der Waals surface area contributed by atoms with Crippen LogP contribution in [0.1, 0.15) is 5.56 Å². The van der Waals surface area contributed by atoms with Gasteiger partial charge in [0, 0.05) is 0 Å². The molecule has 21 heavy (non-hydrogen) atoms. The second-order valence-corrected chi connectivity index (χ2v) is 5.33. The minimum absolute atomic E-state index is 0.0697. The van der Waals surface area contributed by atoms with E-state index in [1.54, 1.807) is 19.2 Å². The van der Waals surface area contributed by atoms with Crippen LogP contribution in [0.4, 0.5) is 5.69 Å². The molecule has 2 aromatic rings. The maximum atomic E-state index is 11.9. The van der Waals surface area contributed by atoms with E-state index >= 15 is 0 Å². The number of ether oxygens (including phenoxy) is 2. The Labute approximate surface area is 132 Å². The minimum Gasteiger partial charge on any atom is -0.495 e. The van der Waals surface area contributed by atoms with Crippen LogP contribution in [-0.4, -0.2) is 19.6 Å². The Bertz CT molecular complexity index is 643. The lowest BCUT2D eigenvalue weighted by molar-refractivity contribution is -0.118. The SMILES string of the molecule is COc1ccccc1NC(=O)COc1ccc(C)cc1Br. The largest absolute Gasteiger partial charge is 0.495 e. The number of rotatable bonds is 5. The van der Waals surface area contributed by atoms with Crippen LogP contribution >= 0.6 is 15.9 Å². The summed E-state index contributed by atoms with van der Waals surface area (Å²) >= 11 is 3.41. The molecule has 5 heteroatoms. The van der Waals surface area contributed by atoms with E-state index in [0.29, 0.717) is 17.2 Å². The first-order chi connectivity index (χ1) is 10.1. The van der Waals surface area contributed by atoms with Gasteiger partial charge in [0.05, 0.1) is 17.3 Å². The van der Waals surface area contributed by atoms with Crippen LogP contribution in [0.3, 0.4) is 0 Å². The van der Waals surface area contributed by atoms with Crippen LogP contribution in [0.15, 0.2) is 46.9 Å². The van der Waals surface area contributed by atoms with Crippen LogP contribution in [0.2, 0.25) is 0 Å². The molecule has 0 heterocycles. The molecule has 2 aromatic carbocycles. The molecule has 2 rings (SSSR count). The molecular formula is C16H16BrNO3. The van der Waals surface area contributed by atoms with Crippen LogP contribution in [0.5, 0.6) is 11.5 Å². The number of aryl methyl sites for hydroxylation is 1. The van der Waals surface area contributed by atoms with Crippen molar-refractivity contribution < 1.29 is 14.3 Å². The van der Waals surface area contributed by atoms with E-state index in [-0.39, 0.29) is 12.5 Å². The molecule has 0 bridgehead atoms. The van der Waals surface area contributed by atoms with Gasteiger partial charge in [-0.2, -0.15) is 0 Å². The number of carbonyl (C=O) groups is 1. The van der Waals surface area contributed by atoms with Crippen LogP contribution < -0.4 is 14.8 Å². The fourth-order valence-corrected chi connectivity index (χ4v) is 2.41. The van der Waals surface area contributed by atoms with Gasteiger partial charge in [-0.1, -0.05) is 18.2 Å². The lowest BCUT2D eigenvalue weighted by Gasteiger charge is -2.11. The number of para-hydroxylation sites is 2. The van der Waals surface area contributed by atoms with E-state index in [1.807, 2.05) is 37.3 Å². The zero-order valence-electron chi connectivity index (χ0n) is 11.9. The summed E-state index contributed by atoms with van der Waals surface area (Å²) in [5.41, 5.74) is 1.74. The second kappa shape index (κ2) is 7.13. The van der Waals surface area contributed by atoms with Crippen molar-refractivity contribution >= 4 is 27.5 Å². The van der Waals surface area contributed by atoms with Crippen molar-refractivity contribution in [3.05, 3.63) is 52.5 Å². The number of amides is 1. The molecule has 0 unspecified atom stereocenters. The number of hydrogen-bond donors (Lipinski definition) is 1. The fourth-order valence-electron chi connectivity index (χ4n) is 1.80. The average Bonchev–Trinajstić information content (AvgIpc) is 2.47. The van der Waals surface area contributed by atoms with Crippen molar-refractivity contribution in [3.63, 3.8) is 0 Å². The number of nitrogens with one attached hydrogen (secondary N) is 1. The summed E-state index contributed by atoms with van der Waals surface area (Å²) in [4.78, 5) is 11.9. The van der Waals surface area contributed by atoms with Gasteiger partial charge in [-0.3, -0.25) is 4.79 Å². The third-order valence-electron chi connectivity index (χ3n) is 2.83. The molecule has 0 aliphatic carbocycles. The Morgan fingerprint density at radius 2 is 1.95 bits per heavy atom. The van der Waals surface area contributed by atoms with Gasteiger partial charge < -0.3 is 14.8 Å². The molecule has 0 aromatic heterocycles. The number of carbonyl (C=O) groups excluding carboxylic acids is 1. The Morgan fingerprint density at radius 1 is 1.19 bits per heavy atom. The number of anilines is 1. The molecule has 0 atom stereocenters. The molecule has 0 aliphatic rings. The average molecular weight is 350 g/mol. The number of benzene rings is 2. The van der Waals surface area contributed by atoms with Gasteiger partial charge >= 0.3 is 0 Å². The third-order valence-corrected chi connectivity index (χ3v) is 3.45. The molecule has 0 fully saturated rings. The Morgan fingerprint density at radius 3 is 2.67 bits per heavy atom. The number of hydrogen-bond acceptors (Lipinski definition) is 3. The maximum absolute atomic E-state index is 11.9. The van der Waals surface area contributed by atoms with Gasteiger partial charge in [0.1, 0.15) is 11.5 Å². The van der Waals surface area contributed by atoms with E-state index in [4.69, 9.17) is 9.47 Å².